The van der Waals surface area contributed by atoms with Crippen molar-refractivity contribution in [1.82, 2.24) is 14.9 Å². The van der Waals surface area contributed by atoms with Crippen LogP contribution in [0.3, 0.4) is 0 Å². The largest absolute Gasteiger partial charge is 0.501 e. The van der Waals surface area contributed by atoms with Crippen LogP contribution in [0.4, 0.5) is 4.39 Å². The monoisotopic (exact) mass is 361 g/mol. The first-order valence-corrected chi connectivity index (χ1v) is 8.22. The van der Waals surface area contributed by atoms with E-state index in [-0.39, 0.29) is 30.4 Å². The minimum absolute atomic E-state index is 0.115. The molecular weight excluding hydrogens is 341 g/mol. The SMILES string of the molecule is Cc1cc(F)ccc1CNC(=O)c1nc2n(c(=O)c1O)CCOC2(C)C. The van der Waals surface area contributed by atoms with E-state index < -0.39 is 22.8 Å². The molecule has 0 saturated heterocycles. The number of ether oxygens (including phenoxy) is 1. The number of amides is 1. The van der Waals surface area contributed by atoms with Crippen LogP contribution in [0.25, 0.3) is 0 Å². The van der Waals surface area contributed by atoms with Crippen molar-refractivity contribution in [2.24, 2.45) is 0 Å². The molecule has 3 rings (SSSR count). The van der Waals surface area contributed by atoms with Gasteiger partial charge in [0.2, 0.25) is 5.75 Å². The van der Waals surface area contributed by atoms with E-state index in [1.165, 1.54) is 16.7 Å². The number of hydrogen-bond donors (Lipinski definition) is 2. The molecule has 0 spiro atoms. The Morgan fingerprint density at radius 2 is 2.19 bits per heavy atom. The lowest BCUT2D eigenvalue weighted by Gasteiger charge is -2.32. The molecule has 0 saturated carbocycles. The summed E-state index contributed by atoms with van der Waals surface area (Å²) < 4.78 is 20.1. The van der Waals surface area contributed by atoms with E-state index in [0.29, 0.717) is 12.2 Å². The van der Waals surface area contributed by atoms with Crippen LogP contribution >= 0.6 is 0 Å². The van der Waals surface area contributed by atoms with Gasteiger partial charge in [0.25, 0.3) is 11.5 Å². The summed E-state index contributed by atoms with van der Waals surface area (Å²) >= 11 is 0. The molecule has 0 radical (unpaired) electrons. The second kappa shape index (κ2) is 6.53. The number of hydrogen-bond acceptors (Lipinski definition) is 5. The molecule has 8 heteroatoms. The van der Waals surface area contributed by atoms with Gasteiger partial charge in [-0.1, -0.05) is 6.07 Å². The second-order valence-electron chi connectivity index (χ2n) is 6.70. The van der Waals surface area contributed by atoms with Gasteiger partial charge in [-0.15, -0.1) is 0 Å². The van der Waals surface area contributed by atoms with E-state index >= 15 is 0 Å². The van der Waals surface area contributed by atoms with Crippen LogP contribution in [0.2, 0.25) is 0 Å². The molecule has 1 aromatic heterocycles. The minimum atomic E-state index is -0.853. The summed E-state index contributed by atoms with van der Waals surface area (Å²) in [6, 6.07) is 4.23. The van der Waals surface area contributed by atoms with E-state index in [1.54, 1.807) is 26.8 Å². The topological polar surface area (TPSA) is 93.5 Å². The van der Waals surface area contributed by atoms with Gasteiger partial charge in [0.15, 0.2) is 5.69 Å². The van der Waals surface area contributed by atoms with Crippen molar-refractivity contribution in [3.05, 3.63) is 57.0 Å². The van der Waals surface area contributed by atoms with Gasteiger partial charge in [0.05, 0.1) is 13.2 Å². The molecule has 0 fully saturated rings. The van der Waals surface area contributed by atoms with Crippen molar-refractivity contribution in [1.29, 1.82) is 0 Å². The number of halogens is 1. The summed E-state index contributed by atoms with van der Waals surface area (Å²) in [6.45, 7) is 5.90. The van der Waals surface area contributed by atoms with Gasteiger partial charge in [-0.05, 0) is 44.0 Å². The van der Waals surface area contributed by atoms with Gasteiger partial charge in [-0.2, -0.15) is 0 Å². The van der Waals surface area contributed by atoms with Gasteiger partial charge in [0.1, 0.15) is 17.2 Å². The van der Waals surface area contributed by atoms with Gasteiger partial charge in [-0.25, -0.2) is 9.37 Å². The molecule has 1 amide bonds. The fourth-order valence-corrected chi connectivity index (χ4v) is 2.94. The summed E-state index contributed by atoms with van der Waals surface area (Å²) in [5.74, 6) is -1.45. The van der Waals surface area contributed by atoms with Crippen molar-refractivity contribution in [3.63, 3.8) is 0 Å². The zero-order valence-corrected chi connectivity index (χ0v) is 14.8. The highest BCUT2D eigenvalue weighted by molar-refractivity contribution is 5.94. The number of nitrogens with zero attached hydrogens (tertiary/aromatic N) is 2. The summed E-state index contributed by atoms with van der Waals surface area (Å²) in [5.41, 5.74) is -0.470. The number of nitrogens with one attached hydrogen (secondary N) is 1. The van der Waals surface area contributed by atoms with Crippen molar-refractivity contribution < 1.29 is 19.0 Å². The van der Waals surface area contributed by atoms with Crippen LogP contribution in [0, 0.1) is 12.7 Å². The standard InChI is InChI=1S/C18H20FN3O4/c1-10-8-12(19)5-4-11(10)9-20-15(24)13-14(23)16(25)22-6-7-26-18(2,3)17(22)21-13/h4-5,8,23H,6-7,9H2,1-3H3,(H,20,24). The average molecular weight is 361 g/mol. The highest BCUT2D eigenvalue weighted by Gasteiger charge is 2.34. The molecule has 2 N–H and O–H groups in total. The fraction of sp³-hybridized carbons (Fsp3) is 0.389. The Morgan fingerprint density at radius 3 is 2.88 bits per heavy atom. The number of aryl methyl sites for hydroxylation is 1. The number of aromatic hydroxyl groups is 1. The lowest BCUT2D eigenvalue weighted by molar-refractivity contribution is -0.0566. The fourth-order valence-electron chi connectivity index (χ4n) is 2.94. The zero-order chi connectivity index (χ0) is 19.1. The van der Waals surface area contributed by atoms with Crippen molar-refractivity contribution in [2.75, 3.05) is 6.61 Å². The Bertz CT molecular complexity index is 937. The summed E-state index contributed by atoms with van der Waals surface area (Å²) in [5, 5.41) is 12.7. The zero-order valence-electron chi connectivity index (χ0n) is 14.8. The van der Waals surface area contributed by atoms with E-state index in [9.17, 15) is 19.1 Å². The summed E-state index contributed by atoms with van der Waals surface area (Å²) in [7, 11) is 0. The predicted molar refractivity (Wildman–Crippen MR) is 91.4 cm³/mol. The average Bonchev–Trinajstić information content (AvgIpc) is 2.57. The van der Waals surface area contributed by atoms with Crippen molar-refractivity contribution in [2.45, 2.75) is 39.5 Å². The van der Waals surface area contributed by atoms with Gasteiger partial charge >= 0.3 is 0 Å². The van der Waals surface area contributed by atoms with Crippen molar-refractivity contribution in [3.8, 4) is 5.75 Å². The molecule has 7 nitrogen and oxygen atoms in total. The Hall–Kier alpha value is -2.74. The molecule has 2 heterocycles. The first-order chi connectivity index (χ1) is 12.2. The quantitative estimate of drug-likeness (QED) is 0.866. The van der Waals surface area contributed by atoms with E-state index in [2.05, 4.69) is 10.3 Å². The van der Waals surface area contributed by atoms with Crippen LogP contribution in [0.1, 0.15) is 41.3 Å². The third-order valence-corrected chi connectivity index (χ3v) is 4.42. The van der Waals surface area contributed by atoms with Gasteiger partial charge in [0, 0.05) is 6.54 Å². The second-order valence-corrected chi connectivity index (χ2v) is 6.70. The first-order valence-electron chi connectivity index (χ1n) is 8.22. The summed E-state index contributed by atoms with van der Waals surface area (Å²) in [6.07, 6.45) is 0. The highest BCUT2D eigenvalue weighted by atomic mass is 19.1. The number of rotatable bonds is 3. The number of benzene rings is 1. The lowest BCUT2D eigenvalue weighted by Crippen LogP contribution is -2.42. The van der Waals surface area contributed by atoms with Crippen LogP contribution in [0.15, 0.2) is 23.0 Å². The maximum absolute atomic E-state index is 13.2. The Balaban J connectivity index is 1.90. The molecule has 138 valence electrons. The number of carbonyl (C=O) groups is 1. The van der Waals surface area contributed by atoms with Crippen LogP contribution in [0.5, 0.6) is 5.75 Å². The van der Waals surface area contributed by atoms with Crippen molar-refractivity contribution >= 4 is 5.91 Å². The van der Waals surface area contributed by atoms with Crippen LogP contribution in [-0.2, 0) is 23.4 Å². The van der Waals surface area contributed by atoms with Crippen LogP contribution in [-0.4, -0.2) is 27.2 Å². The number of carbonyl (C=O) groups excluding carboxylic acids is 1. The highest BCUT2D eigenvalue weighted by Crippen LogP contribution is 2.27. The first kappa shape index (κ1) is 18.1. The van der Waals surface area contributed by atoms with Gasteiger partial charge in [-0.3, -0.25) is 14.2 Å². The molecule has 1 aliphatic heterocycles. The number of fused-ring (bicyclic) bond motifs is 1. The van der Waals surface area contributed by atoms with Crippen LogP contribution < -0.4 is 10.9 Å². The Morgan fingerprint density at radius 1 is 1.46 bits per heavy atom. The molecule has 1 aromatic carbocycles. The summed E-state index contributed by atoms with van der Waals surface area (Å²) in [4.78, 5) is 29.0. The smallest absolute Gasteiger partial charge is 0.296 e. The van der Waals surface area contributed by atoms with E-state index in [4.69, 9.17) is 4.74 Å². The van der Waals surface area contributed by atoms with Gasteiger partial charge < -0.3 is 15.2 Å². The predicted octanol–water partition coefficient (Wildman–Crippen LogP) is 1.59. The molecule has 1 aliphatic rings. The molecule has 2 aromatic rings. The number of aromatic nitrogens is 2. The molecule has 0 aliphatic carbocycles. The maximum Gasteiger partial charge on any atom is 0.296 e. The third kappa shape index (κ3) is 3.20. The third-order valence-electron chi connectivity index (χ3n) is 4.42. The maximum atomic E-state index is 13.2. The molecule has 0 unspecified atom stereocenters. The molecule has 26 heavy (non-hydrogen) atoms. The Kier molecular flexibility index (Phi) is 4.53. The Labute approximate surface area is 149 Å². The molecule has 0 bridgehead atoms. The van der Waals surface area contributed by atoms with E-state index in [0.717, 1.165) is 5.56 Å². The lowest BCUT2D eigenvalue weighted by atomic mass is 10.1. The molecule has 0 atom stereocenters. The normalized spacial score (nSPS) is 15.4. The molecular formula is C18H20FN3O4. The van der Waals surface area contributed by atoms with E-state index in [1.807, 2.05) is 0 Å². The minimum Gasteiger partial charge on any atom is -0.501 e.